The molecule has 1 N–H and O–H groups in total. The van der Waals surface area contributed by atoms with Crippen LogP contribution in [-0.4, -0.2) is 48.2 Å². The number of nitrogens with zero attached hydrogens (tertiary/aromatic N) is 2. The second-order valence-corrected chi connectivity index (χ2v) is 6.37. The van der Waals surface area contributed by atoms with Gasteiger partial charge in [0.1, 0.15) is 0 Å². The van der Waals surface area contributed by atoms with E-state index in [2.05, 4.69) is 15.1 Å². The second-order valence-electron chi connectivity index (χ2n) is 6.37. The summed E-state index contributed by atoms with van der Waals surface area (Å²) in [6, 6.07) is 12.4. The van der Waals surface area contributed by atoms with Crippen molar-refractivity contribution < 1.29 is 26.6 Å². The van der Waals surface area contributed by atoms with Crippen molar-refractivity contribution in [2.75, 3.05) is 32.1 Å². The number of nitrogens with one attached hydrogen (secondary N) is 1. The first-order chi connectivity index (χ1) is 12.1. The van der Waals surface area contributed by atoms with Crippen molar-refractivity contribution in [1.29, 1.82) is 0 Å². The van der Waals surface area contributed by atoms with E-state index in [1.807, 2.05) is 31.6 Å². The predicted molar refractivity (Wildman–Crippen MR) is 96.7 cm³/mol. The third kappa shape index (κ3) is 3.12. The molecule has 2 aromatic rings. The Morgan fingerprint density at radius 1 is 0.923 bits per heavy atom. The first-order valence-electron chi connectivity index (χ1n) is 8.33. The quantitative estimate of drug-likeness (QED) is 0.629. The standard InChI is InChI=1S/C20H19N3O2.BrH/c1-22-11-12-23(13-22)10-9-21-17-8-4-7-16-18(17)20(25)15-6-3-2-5-14(15)19(16)24;/h2-8,11-12,21H,9-10,13H2,1H3;1H/p-1. The van der Waals surface area contributed by atoms with Gasteiger partial charge in [-0.15, -0.1) is 0 Å². The first kappa shape index (κ1) is 18.2. The van der Waals surface area contributed by atoms with Crippen LogP contribution in [0.25, 0.3) is 0 Å². The molecule has 0 radical (unpaired) electrons. The Hall–Kier alpha value is -2.60. The van der Waals surface area contributed by atoms with E-state index in [9.17, 15) is 9.59 Å². The van der Waals surface area contributed by atoms with E-state index in [-0.39, 0.29) is 28.5 Å². The Bertz CT molecular complexity index is 894. The fourth-order valence-electron chi connectivity index (χ4n) is 3.36. The van der Waals surface area contributed by atoms with Crippen LogP contribution in [0, 0.1) is 0 Å². The van der Waals surface area contributed by atoms with Gasteiger partial charge in [-0.1, -0.05) is 36.4 Å². The van der Waals surface area contributed by atoms with Gasteiger partial charge >= 0.3 is 0 Å². The van der Waals surface area contributed by atoms with Crippen molar-refractivity contribution in [1.82, 2.24) is 9.80 Å². The highest BCUT2D eigenvalue weighted by molar-refractivity contribution is 6.30. The number of anilines is 1. The van der Waals surface area contributed by atoms with E-state index >= 15 is 0 Å². The van der Waals surface area contributed by atoms with Crippen LogP contribution in [0.1, 0.15) is 31.8 Å². The zero-order valence-electron chi connectivity index (χ0n) is 14.4. The van der Waals surface area contributed by atoms with Crippen LogP contribution < -0.4 is 22.3 Å². The predicted octanol–water partition coefficient (Wildman–Crippen LogP) is -0.446. The van der Waals surface area contributed by atoms with E-state index in [1.165, 1.54) is 0 Å². The molecule has 0 aromatic heterocycles. The summed E-state index contributed by atoms with van der Waals surface area (Å²) in [7, 11) is 2.03. The van der Waals surface area contributed by atoms with Gasteiger partial charge in [-0.3, -0.25) is 9.59 Å². The molecule has 6 heteroatoms. The molecule has 0 spiro atoms. The minimum absolute atomic E-state index is 0. The van der Waals surface area contributed by atoms with Gasteiger partial charge in [0.15, 0.2) is 11.6 Å². The van der Waals surface area contributed by atoms with Crippen LogP contribution in [0.3, 0.4) is 0 Å². The Kier molecular flexibility index (Phi) is 5.13. The van der Waals surface area contributed by atoms with Gasteiger partial charge in [0.05, 0.1) is 12.2 Å². The van der Waals surface area contributed by atoms with Crippen molar-refractivity contribution >= 4 is 17.3 Å². The highest BCUT2D eigenvalue weighted by Crippen LogP contribution is 2.31. The number of halogens is 1. The number of hydrogen-bond acceptors (Lipinski definition) is 5. The third-order valence-electron chi connectivity index (χ3n) is 4.60. The molecule has 4 rings (SSSR count). The topological polar surface area (TPSA) is 52.6 Å². The summed E-state index contributed by atoms with van der Waals surface area (Å²) in [5, 5.41) is 3.33. The van der Waals surface area contributed by atoms with E-state index in [0.29, 0.717) is 28.8 Å². The second kappa shape index (κ2) is 7.33. The van der Waals surface area contributed by atoms with Gasteiger partial charge in [0.2, 0.25) is 0 Å². The van der Waals surface area contributed by atoms with Gasteiger partial charge in [0, 0.05) is 54.9 Å². The largest absolute Gasteiger partial charge is 1.00 e. The highest BCUT2D eigenvalue weighted by Gasteiger charge is 2.31. The number of rotatable bonds is 4. The molecule has 2 aliphatic rings. The summed E-state index contributed by atoms with van der Waals surface area (Å²) in [6.45, 7) is 2.38. The molecule has 0 bridgehead atoms. The number of benzene rings is 2. The molecule has 0 saturated carbocycles. The maximum Gasteiger partial charge on any atom is 0.196 e. The van der Waals surface area contributed by atoms with Gasteiger partial charge in [-0.05, 0) is 6.07 Å². The summed E-state index contributed by atoms with van der Waals surface area (Å²) in [5.74, 6) is -0.174. The number of ketones is 2. The molecular formula is C20H19BrN3O2-. The molecule has 1 aliphatic heterocycles. The van der Waals surface area contributed by atoms with Crippen LogP contribution in [0.5, 0.6) is 0 Å². The van der Waals surface area contributed by atoms with E-state index < -0.39 is 0 Å². The normalized spacial score (nSPS) is 14.8. The summed E-state index contributed by atoms with van der Waals surface area (Å²) in [6.07, 6.45) is 4.08. The Morgan fingerprint density at radius 3 is 2.31 bits per heavy atom. The zero-order chi connectivity index (χ0) is 17.4. The molecule has 0 atom stereocenters. The van der Waals surface area contributed by atoms with Gasteiger partial charge in [-0.2, -0.15) is 0 Å². The van der Waals surface area contributed by atoms with Crippen LogP contribution in [0.2, 0.25) is 0 Å². The summed E-state index contributed by atoms with van der Waals surface area (Å²) < 4.78 is 0. The lowest BCUT2D eigenvalue weighted by Gasteiger charge is -2.22. The number of carbonyl (C=O) groups is 2. The molecule has 0 amide bonds. The summed E-state index contributed by atoms with van der Waals surface area (Å²) in [4.78, 5) is 29.9. The van der Waals surface area contributed by atoms with Gasteiger partial charge in [0.25, 0.3) is 0 Å². The lowest BCUT2D eigenvalue weighted by atomic mass is 9.83. The van der Waals surface area contributed by atoms with E-state index in [1.54, 1.807) is 30.3 Å². The Balaban J connectivity index is 0.00000196. The Morgan fingerprint density at radius 2 is 1.62 bits per heavy atom. The van der Waals surface area contributed by atoms with Crippen LogP contribution in [0.4, 0.5) is 5.69 Å². The maximum atomic E-state index is 12.9. The Labute approximate surface area is 163 Å². The maximum absolute atomic E-state index is 12.9. The van der Waals surface area contributed by atoms with Gasteiger partial charge in [-0.25, -0.2) is 0 Å². The lowest BCUT2D eigenvalue weighted by Crippen LogP contribution is -3.00. The van der Waals surface area contributed by atoms with Gasteiger partial charge < -0.3 is 32.1 Å². The first-order valence-corrected chi connectivity index (χ1v) is 8.33. The molecular weight excluding hydrogens is 394 g/mol. The SMILES string of the molecule is CN1C=CN(CCNc2cccc3c2C(=O)c2ccccc2C3=O)C1.[Br-]. The molecule has 0 unspecified atom stereocenters. The van der Waals surface area contributed by atoms with E-state index in [4.69, 9.17) is 0 Å². The molecule has 1 heterocycles. The van der Waals surface area contributed by atoms with Crippen molar-refractivity contribution in [3.05, 3.63) is 77.1 Å². The number of fused-ring (bicyclic) bond motifs is 2. The molecule has 1 aliphatic carbocycles. The molecule has 26 heavy (non-hydrogen) atoms. The van der Waals surface area contributed by atoms with Crippen LogP contribution in [-0.2, 0) is 0 Å². The minimum atomic E-state index is -0.0888. The fraction of sp³-hybridized carbons (Fsp3) is 0.200. The number of hydrogen-bond donors (Lipinski definition) is 1. The molecule has 0 fully saturated rings. The average molecular weight is 413 g/mol. The van der Waals surface area contributed by atoms with Crippen molar-refractivity contribution in [2.45, 2.75) is 0 Å². The lowest BCUT2D eigenvalue weighted by molar-refractivity contribution is -0.0000189. The summed E-state index contributed by atoms with van der Waals surface area (Å²) in [5.41, 5.74) is 2.66. The minimum Gasteiger partial charge on any atom is -1.00 e. The van der Waals surface area contributed by atoms with Crippen molar-refractivity contribution in [3.63, 3.8) is 0 Å². The molecule has 0 saturated heterocycles. The van der Waals surface area contributed by atoms with E-state index in [0.717, 1.165) is 18.9 Å². The fourth-order valence-corrected chi connectivity index (χ4v) is 3.36. The van der Waals surface area contributed by atoms with Crippen LogP contribution in [0.15, 0.2) is 54.9 Å². The smallest absolute Gasteiger partial charge is 0.196 e. The highest BCUT2D eigenvalue weighted by atomic mass is 79.9. The number of carbonyl (C=O) groups excluding carboxylic acids is 2. The average Bonchev–Trinajstić information content (AvgIpc) is 3.05. The van der Waals surface area contributed by atoms with Crippen molar-refractivity contribution in [2.24, 2.45) is 0 Å². The molecule has 2 aromatic carbocycles. The zero-order valence-corrected chi connectivity index (χ0v) is 16.0. The molecule has 5 nitrogen and oxygen atoms in total. The third-order valence-corrected chi connectivity index (χ3v) is 4.60. The van der Waals surface area contributed by atoms with Crippen molar-refractivity contribution in [3.8, 4) is 0 Å². The molecule has 134 valence electrons. The van der Waals surface area contributed by atoms with Crippen LogP contribution >= 0.6 is 0 Å². The summed E-state index contributed by atoms with van der Waals surface area (Å²) >= 11 is 0. The monoisotopic (exact) mass is 412 g/mol.